The molecule has 1 aliphatic heterocycles. The maximum atomic E-state index is 11.8. The van der Waals surface area contributed by atoms with E-state index in [2.05, 4.69) is 10.0 Å². The number of carbonyl (C=O) groups excluding carboxylic acids is 4. The molecule has 15 heteroatoms. The lowest BCUT2D eigenvalue weighted by molar-refractivity contribution is -0.309. The zero-order valence-electron chi connectivity index (χ0n) is 20.1. The second-order valence-electron chi connectivity index (χ2n) is 7.12. The van der Waals surface area contributed by atoms with Crippen LogP contribution in [0.1, 0.15) is 27.7 Å². The van der Waals surface area contributed by atoms with E-state index in [1.807, 2.05) is 0 Å². The quantitative estimate of drug-likeness (QED) is 0.0745. The van der Waals surface area contributed by atoms with E-state index in [1.54, 1.807) is 0 Å². The van der Waals surface area contributed by atoms with Gasteiger partial charge < -0.3 is 37.9 Å². The number of nitrogens with zero attached hydrogens (tertiary/aromatic N) is 3. The average Bonchev–Trinajstić information content (AvgIpc) is 2.76. The Labute approximate surface area is 201 Å². The zero-order chi connectivity index (χ0) is 26.2. The minimum Gasteiger partial charge on any atom is -0.463 e. The number of carbonyl (C=O) groups is 4. The largest absolute Gasteiger partial charge is 0.463 e. The molecule has 1 heterocycles. The van der Waals surface area contributed by atoms with Crippen LogP contribution in [0, 0.1) is 0 Å². The summed E-state index contributed by atoms with van der Waals surface area (Å²) in [5.74, 6) is -2.80. The van der Waals surface area contributed by atoms with Crippen molar-refractivity contribution in [3.63, 3.8) is 0 Å². The second-order valence-corrected chi connectivity index (χ2v) is 7.12. The van der Waals surface area contributed by atoms with Gasteiger partial charge in [0, 0.05) is 39.2 Å². The highest BCUT2D eigenvalue weighted by atomic mass is 16.7. The summed E-state index contributed by atoms with van der Waals surface area (Å²) in [5, 5.41) is 3.33. The third kappa shape index (κ3) is 12.3. The van der Waals surface area contributed by atoms with E-state index < -0.39 is 54.6 Å². The maximum absolute atomic E-state index is 11.8. The van der Waals surface area contributed by atoms with Gasteiger partial charge in [0.05, 0.1) is 33.0 Å². The maximum Gasteiger partial charge on any atom is 0.303 e. The predicted molar refractivity (Wildman–Crippen MR) is 114 cm³/mol. The number of esters is 4. The van der Waals surface area contributed by atoms with E-state index in [-0.39, 0.29) is 46.2 Å². The molecule has 0 saturated carbocycles. The molecule has 0 radical (unpaired) electrons. The van der Waals surface area contributed by atoms with Crippen molar-refractivity contribution in [1.29, 1.82) is 0 Å². The fourth-order valence-electron chi connectivity index (χ4n) is 3.02. The number of azide groups is 1. The Hall–Kier alpha value is -2.97. The number of ether oxygens (including phenoxy) is 8. The molecule has 1 fully saturated rings. The molecule has 5 atom stereocenters. The first-order chi connectivity index (χ1) is 16.6. The van der Waals surface area contributed by atoms with Gasteiger partial charge >= 0.3 is 23.9 Å². The van der Waals surface area contributed by atoms with Crippen molar-refractivity contribution >= 4 is 23.9 Å². The molecule has 0 aromatic carbocycles. The smallest absolute Gasteiger partial charge is 0.303 e. The van der Waals surface area contributed by atoms with E-state index >= 15 is 0 Å². The molecular weight excluding hydrogens is 474 g/mol. The van der Waals surface area contributed by atoms with Crippen molar-refractivity contribution in [2.24, 2.45) is 5.11 Å². The van der Waals surface area contributed by atoms with Crippen LogP contribution in [-0.4, -0.2) is 101 Å². The minimum atomic E-state index is -1.30. The van der Waals surface area contributed by atoms with Crippen LogP contribution in [-0.2, 0) is 57.1 Å². The fourth-order valence-corrected chi connectivity index (χ4v) is 3.02. The van der Waals surface area contributed by atoms with Crippen molar-refractivity contribution in [1.82, 2.24) is 0 Å². The Morgan fingerprint density at radius 3 is 1.89 bits per heavy atom. The summed E-state index contributed by atoms with van der Waals surface area (Å²) < 4.78 is 42.9. The zero-order valence-corrected chi connectivity index (χ0v) is 20.1. The standard InChI is InChI=1S/C20H31N3O12/c1-12(24)31-11-16-17(32-13(2)25)18(33-14(3)26)19(34-15(4)27)20(35-16)30-10-9-29-8-7-28-6-5-22-23-21/h16-20H,5-11H2,1-4H3/t16-,17+,18+,19-,20+/m1/s1. The highest BCUT2D eigenvalue weighted by Gasteiger charge is 2.52. The van der Waals surface area contributed by atoms with Crippen molar-refractivity contribution in [3.8, 4) is 0 Å². The number of hydrogen-bond donors (Lipinski definition) is 0. The van der Waals surface area contributed by atoms with Gasteiger partial charge in [-0.25, -0.2) is 0 Å². The molecule has 0 amide bonds. The molecule has 0 aliphatic carbocycles. The van der Waals surface area contributed by atoms with E-state index in [1.165, 1.54) is 6.92 Å². The van der Waals surface area contributed by atoms with Crippen LogP contribution in [0.4, 0.5) is 0 Å². The Morgan fingerprint density at radius 2 is 1.31 bits per heavy atom. The molecule has 35 heavy (non-hydrogen) atoms. The van der Waals surface area contributed by atoms with Crippen LogP contribution < -0.4 is 0 Å². The van der Waals surface area contributed by atoms with Crippen molar-refractivity contribution in [2.45, 2.75) is 58.4 Å². The topological polar surface area (TPSA) is 191 Å². The van der Waals surface area contributed by atoms with Gasteiger partial charge in [-0.15, -0.1) is 0 Å². The molecule has 0 N–H and O–H groups in total. The Morgan fingerprint density at radius 1 is 0.771 bits per heavy atom. The molecule has 15 nitrogen and oxygen atoms in total. The van der Waals surface area contributed by atoms with E-state index in [4.69, 9.17) is 43.4 Å². The summed E-state index contributed by atoms with van der Waals surface area (Å²) >= 11 is 0. The Kier molecular flexibility index (Phi) is 14.3. The molecule has 0 aromatic heterocycles. The Balaban J connectivity index is 2.85. The van der Waals surface area contributed by atoms with E-state index in [9.17, 15) is 19.2 Å². The summed E-state index contributed by atoms with van der Waals surface area (Å²) in [4.78, 5) is 49.1. The molecular formula is C20H31N3O12. The van der Waals surface area contributed by atoms with Crippen LogP contribution in [0.15, 0.2) is 5.11 Å². The van der Waals surface area contributed by atoms with Gasteiger partial charge in [-0.2, -0.15) is 0 Å². The lowest BCUT2D eigenvalue weighted by Crippen LogP contribution is -2.63. The average molecular weight is 505 g/mol. The van der Waals surface area contributed by atoms with Gasteiger partial charge in [0.15, 0.2) is 24.6 Å². The highest BCUT2D eigenvalue weighted by molar-refractivity contribution is 5.68. The summed E-state index contributed by atoms with van der Waals surface area (Å²) in [5.41, 5.74) is 8.18. The Bertz CT molecular complexity index is 758. The van der Waals surface area contributed by atoms with E-state index in [0.29, 0.717) is 0 Å². The monoisotopic (exact) mass is 505 g/mol. The minimum absolute atomic E-state index is 0.0214. The summed E-state index contributed by atoms with van der Waals surface area (Å²) in [7, 11) is 0. The third-order valence-electron chi connectivity index (χ3n) is 4.23. The summed E-state index contributed by atoms with van der Waals surface area (Å²) in [6.07, 6.45) is -6.20. The first kappa shape index (κ1) is 30.1. The first-order valence-corrected chi connectivity index (χ1v) is 10.7. The van der Waals surface area contributed by atoms with Crippen molar-refractivity contribution < 1.29 is 57.1 Å². The molecule has 0 aromatic rings. The molecule has 1 rings (SSSR count). The lowest BCUT2D eigenvalue weighted by atomic mass is 9.98. The SMILES string of the molecule is CC(=O)OC[C@H]1O[C@H](OCCOCCOCCN=[N+]=[N-])[C@H](OC(C)=O)[C@@H](OC(C)=O)[C@H]1OC(C)=O. The van der Waals surface area contributed by atoms with Crippen LogP contribution in [0.5, 0.6) is 0 Å². The van der Waals surface area contributed by atoms with Gasteiger partial charge in [-0.05, 0) is 5.53 Å². The van der Waals surface area contributed by atoms with Crippen LogP contribution in [0.25, 0.3) is 10.4 Å². The van der Waals surface area contributed by atoms with Crippen LogP contribution >= 0.6 is 0 Å². The van der Waals surface area contributed by atoms with Gasteiger partial charge in [-0.3, -0.25) is 19.2 Å². The second kappa shape index (κ2) is 16.6. The third-order valence-corrected chi connectivity index (χ3v) is 4.23. The molecule has 0 bridgehead atoms. The van der Waals surface area contributed by atoms with Crippen LogP contribution in [0.3, 0.4) is 0 Å². The highest BCUT2D eigenvalue weighted by Crippen LogP contribution is 2.29. The summed E-state index contributed by atoms with van der Waals surface area (Å²) in [6, 6.07) is 0. The van der Waals surface area contributed by atoms with E-state index in [0.717, 1.165) is 20.8 Å². The van der Waals surface area contributed by atoms with Gasteiger partial charge in [0.1, 0.15) is 12.7 Å². The number of rotatable bonds is 15. The lowest BCUT2D eigenvalue weighted by Gasteiger charge is -2.44. The van der Waals surface area contributed by atoms with Gasteiger partial charge in [0.2, 0.25) is 0 Å². The molecule has 1 saturated heterocycles. The molecule has 0 spiro atoms. The van der Waals surface area contributed by atoms with Gasteiger partial charge in [-0.1, -0.05) is 5.11 Å². The normalized spacial score (nSPS) is 23.5. The molecule has 198 valence electrons. The predicted octanol–water partition coefficient (Wildman–Crippen LogP) is 0.430. The molecule has 1 aliphatic rings. The van der Waals surface area contributed by atoms with Crippen LogP contribution in [0.2, 0.25) is 0 Å². The van der Waals surface area contributed by atoms with Crippen molar-refractivity contribution in [3.05, 3.63) is 10.4 Å². The van der Waals surface area contributed by atoms with Gasteiger partial charge in [0.25, 0.3) is 0 Å². The summed E-state index contributed by atoms with van der Waals surface area (Å²) in [6.45, 7) is 5.29. The first-order valence-electron chi connectivity index (χ1n) is 10.7. The van der Waals surface area contributed by atoms with Crippen molar-refractivity contribution in [2.75, 3.05) is 46.2 Å². The number of hydrogen-bond acceptors (Lipinski definition) is 13. The fraction of sp³-hybridized carbons (Fsp3) is 0.800. The molecule has 0 unspecified atom stereocenters.